The van der Waals surface area contributed by atoms with E-state index in [9.17, 15) is 26.4 Å². The van der Waals surface area contributed by atoms with E-state index in [0.717, 1.165) is 0 Å². The molecule has 146 valence electrons. The number of hydrogen-bond donors (Lipinski definition) is 3. The third-order valence-electron chi connectivity index (χ3n) is 3.59. The fourth-order valence-corrected chi connectivity index (χ4v) is 3.39. The summed E-state index contributed by atoms with van der Waals surface area (Å²) in [4.78, 5) is 10.9. The van der Waals surface area contributed by atoms with Crippen LogP contribution in [0.3, 0.4) is 0 Å². The molecule has 1 atom stereocenters. The van der Waals surface area contributed by atoms with Crippen LogP contribution in [0.25, 0.3) is 0 Å². The molecular weight excluding hydrogens is 383 g/mol. The summed E-state index contributed by atoms with van der Waals surface area (Å²) < 4.78 is 66.5. The fourth-order valence-electron chi connectivity index (χ4n) is 2.30. The van der Waals surface area contributed by atoms with E-state index in [1.165, 1.54) is 31.2 Å². The molecule has 0 aromatic heterocycles. The topological polar surface area (TPSA) is 101 Å². The highest BCUT2D eigenvalue weighted by atomic mass is 32.2. The minimum Gasteiger partial charge on any atom is -0.326 e. The molecule has 6 nitrogen and oxygen atoms in total. The SMILES string of the molecule is CC(=O)Nc1ccc(S(=O)(=O)NC[C@H](N)Cc2cc(F)c(F)cc2F)cc1. The van der Waals surface area contributed by atoms with Crippen molar-refractivity contribution < 1.29 is 26.4 Å². The van der Waals surface area contributed by atoms with Crippen LogP contribution in [0, 0.1) is 17.5 Å². The average molecular weight is 401 g/mol. The number of anilines is 1. The molecule has 4 N–H and O–H groups in total. The van der Waals surface area contributed by atoms with Gasteiger partial charge in [-0.3, -0.25) is 4.79 Å². The van der Waals surface area contributed by atoms with Crippen molar-refractivity contribution in [1.29, 1.82) is 0 Å². The van der Waals surface area contributed by atoms with Gasteiger partial charge in [-0.25, -0.2) is 26.3 Å². The van der Waals surface area contributed by atoms with Gasteiger partial charge in [0.25, 0.3) is 0 Å². The first-order chi connectivity index (χ1) is 12.6. The van der Waals surface area contributed by atoms with Crippen molar-refractivity contribution in [2.75, 3.05) is 11.9 Å². The number of carbonyl (C=O) groups excluding carboxylic acids is 1. The van der Waals surface area contributed by atoms with Crippen molar-refractivity contribution in [1.82, 2.24) is 4.72 Å². The minimum atomic E-state index is -3.89. The smallest absolute Gasteiger partial charge is 0.240 e. The summed E-state index contributed by atoms with van der Waals surface area (Å²) in [6.45, 7) is 1.08. The van der Waals surface area contributed by atoms with Crippen molar-refractivity contribution in [2.45, 2.75) is 24.3 Å². The van der Waals surface area contributed by atoms with Gasteiger partial charge in [-0.2, -0.15) is 0 Å². The molecule has 0 radical (unpaired) electrons. The van der Waals surface area contributed by atoms with E-state index in [4.69, 9.17) is 5.73 Å². The lowest BCUT2D eigenvalue weighted by Gasteiger charge is -2.14. The summed E-state index contributed by atoms with van der Waals surface area (Å²) in [5.41, 5.74) is 6.05. The highest BCUT2D eigenvalue weighted by Gasteiger charge is 2.17. The van der Waals surface area contributed by atoms with E-state index in [-0.39, 0.29) is 29.3 Å². The molecule has 1 amide bonds. The zero-order valence-corrected chi connectivity index (χ0v) is 15.1. The maximum atomic E-state index is 13.6. The van der Waals surface area contributed by atoms with Crippen LogP contribution in [-0.4, -0.2) is 26.9 Å². The Morgan fingerprint density at radius 2 is 1.67 bits per heavy atom. The predicted octanol–water partition coefficient (Wildman–Crippen LogP) is 1.91. The fraction of sp³-hybridized carbons (Fsp3) is 0.235. The zero-order valence-electron chi connectivity index (χ0n) is 14.3. The third kappa shape index (κ3) is 5.78. The van der Waals surface area contributed by atoms with Gasteiger partial charge >= 0.3 is 0 Å². The molecule has 0 saturated heterocycles. The van der Waals surface area contributed by atoms with Gasteiger partial charge in [0, 0.05) is 31.3 Å². The normalized spacial score (nSPS) is 12.6. The second-order valence-electron chi connectivity index (χ2n) is 5.88. The predicted molar refractivity (Wildman–Crippen MR) is 93.9 cm³/mol. The van der Waals surface area contributed by atoms with Crippen LogP contribution in [0.4, 0.5) is 18.9 Å². The molecule has 2 aromatic rings. The van der Waals surface area contributed by atoms with Gasteiger partial charge in [0.15, 0.2) is 11.6 Å². The van der Waals surface area contributed by atoms with Crippen LogP contribution in [0.5, 0.6) is 0 Å². The second kappa shape index (κ2) is 8.51. The van der Waals surface area contributed by atoms with Crippen LogP contribution in [0.1, 0.15) is 12.5 Å². The summed E-state index contributed by atoms with van der Waals surface area (Å²) in [5.74, 6) is -3.77. The number of benzene rings is 2. The number of halogens is 3. The van der Waals surface area contributed by atoms with Crippen molar-refractivity contribution in [3.8, 4) is 0 Å². The number of nitrogens with two attached hydrogens (primary N) is 1. The Morgan fingerprint density at radius 3 is 2.26 bits per heavy atom. The Kier molecular flexibility index (Phi) is 6.58. The Morgan fingerprint density at radius 1 is 1.07 bits per heavy atom. The maximum absolute atomic E-state index is 13.6. The van der Waals surface area contributed by atoms with Crippen LogP contribution in [0.2, 0.25) is 0 Å². The van der Waals surface area contributed by atoms with Crippen LogP contribution in [-0.2, 0) is 21.2 Å². The average Bonchev–Trinajstić information content (AvgIpc) is 2.58. The van der Waals surface area contributed by atoms with E-state index in [2.05, 4.69) is 10.0 Å². The van der Waals surface area contributed by atoms with Crippen molar-refractivity contribution in [3.63, 3.8) is 0 Å². The van der Waals surface area contributed by atoms with Gasteiger partial charge < -0.3 is 11.1 Å². The Bertz CT molecular complexity index is 934. The number of sulfonamides is 1. The third-order valence-corrected chi connectivity index (χ3v) is 5.03. The molecule has 0 aliphatic heterocycles. The van der Waals surface area contributed by atoms with E-state index in [1.54, 1.807) is 0 Å². The van der Waals surface area contributed by atoms with E-state index >= 15 is 0 Å². The van der Waals surface area contributed by atoms with Crippen LogP contribution >= 0.6 is 0 Å². The lowest BCUT2D eigenvalue weighted by atomic mass is 10.1. The maximum Gasteiger partial charge on any atom is 0.240 e. The van der Waals surface area contributed by atoms with E-state index in [1.807, 2.05) is 0 Å². The molecule has 0 saturated carbocycles. The summed E-state index contributed by atoms with van der Waals surface area (Å²) in [7, 11) is -3.89. The first-order valence-electron chi connectivity index (χ1n) is 7.85. The van der Waals surface area contributed by atoms with E-state index in [0.29, 0.717) is 17.8 Å². The first kappa shape index (κ1) is 20.9. The van der Waals surface area contributed by atoms with Crippen molar-refractivity contribution in [3.05, 3.63) is 59.4 Å². The number of nitrogens with one attached hydrogen (secondary N) is 2. The number of amides is 1. The number of hydrogen-bond acceptors (Lipinski definition) is 4. The molecular formula is C17H18F3N3O3S. The van der Waals surface area contributed by atoms with Gasteiger partial charge in [0.1, 0.15) is 5.82 Å². The molecule has 2 rings (SSSR count). The lowest BCUT2D eigenvalue weighted by Crippen LogP contribution is -2.38. The first-order valence-corrected chi connectivity index (χ1v) is 9.33. The Hall–Kier alpha value is -2.43. The molecule has 0 heterocycles. The molecule has 10 heteroatoms. The number of rotatable bonds is 7. The van der Waals surface area contributed by atoms with Crippen molar-refractivity contribution >= 4 is 21.6 Å². The largest absolute Gasteiger partial charge is 0.326 e. The minimum absolute atomic E-state index is 0.0530. The molecule has 2 aromatic carbocycles. The lowest BCUT2D eigenvalue weighted by molar-refractivity contribution is -0.114. The monoisotopic (exact) mass is 401 g/mol. The molecule has 0 bridgehead atoms. The van der Waals surface area contributed by atoms with Gasteiger partial charge in [0.05, 0.1) is 4.90 Å². The van der Waals surface area contributed by atoms with Crippen LogP contribution in [0.15, 0.2) is 41.3 Å². The summed E-state index contributed by atoms with van der Waals surface area (Å²) in [5, 5.41) is 2.51. The highest BCUT2D eigenvalue weighted by molar-refractivity contribution is 7.89. The zero-order chi connectivity index (χ0) is 20.2. The molecule has 0 unspecified atom stereocenters. The summed E-state index contributed by atoms with van der Waals surface area (Å²) in [6, 6.07) is 5.69. The molecule has 27 heavy (non-hydrogen) atoms. The van der Waals surface area contributed by atoms with Gasteiger partial charge in [-0.15, -0.1) is 0 Å². The van der Waals surface area contributed by atoms with Crippen molar-refractivity contribution in [2.24, 2.45) is 5.73 Å². The summed E-state index contributed by atoms with van der Waals surface area (Å²) in [6.07, 6.45) is -0.187. The molecule has 0 aliphatic carbocycles. The summed E-state index contributed by atoms with van der Waals surface area (Å²) >= 11 is 0. The van der Waals surface area contributed by atoms with Gasteiger partial charge in [-0.1, -0.05) is 0 Å². The van der Waals surface area contributed by atoms with E-state index < -0.39 is 33.5 Å². The standard InChI is InChI=1S/C17H18F3N3O3S/c1-10(24)23-13-2-4-14(5-3-13)27(25,26)22-9-12(21)6-11-7-16(19)17(20)8-15(11)18/h2-5,7-8,12,22H,6,9,21H2,1H3,(H,23,24)/t12-/m1/s1. The number of carbonyl (C=O) groups is 1. The van der Waals surface area contributed by atoms with Crippen LogP contribution < -0.4 is 15.8 Å². The molecule has 0 spiro atoms. The quantitative estimate of drug-likeness (QED) is 0.617. The molecule has 0 fully saturated rings. The van der Waals surface area contributed by atoms with Gasteiger partial charge in [-0.05, 0) is 42.3 Å². The molecule has 0 aliphatic rings. The Balaban J connectivity index is 2.00. The second-order valence-corrected chi connectivity index (χ2v) is 7.65. The Labute approximate surface area is 154 Å². The van der Waals surface area contributed by atoms with Gasteiger partial charge in [0.2, 0.25) is 15.9 Å². The highest BCUT2D eigenvalue weighted by Crippen LogP contribution is 2.16.